The predicted octanol–water partition coefficient (Wildman–Crippen LogP) is 4.93. The molecule has 2 aromatic carbocycles. The third kappa shape index (κ3) is 2.06. The van der Waals surface area contributed by atoms with Gasteiger partial charge >= 0.3 is 0 Å². The van der Waals surface area contributed by atoms with Gasteiger partial charge in [0.2, 0.25) is 0 Å². The Labute approximate surface area is 114 Å². The Kier molecular flexibility index (Phi) is 2.70. The van der Waals surface area contributed by atoms with Gasteiger partial charge < -0.3 is 4.57 Å². The molecule has 0 saturated carbocycles. The number of nitrogens with zero attached hydrogens (tertiary/aromatic N) is 1. The summed E-state index contributed by atoms with van der Waals surface area (Å²) in [4.78, 5) is 0. The zero-order valence-electron chi connectivity index (χ0n) is 11.7. The zero-order chi connectivity index (χ0) is 13.5. The Bertz CT molecular complexity index is 699. The highest BCUT2D eigenvalue weighted by Crippen LogP contribution is 2.32. The van der Waals surface area contributed by atoms with Crippen molar-refractivity contribution in [1.82, 2.24) is 4.57 Å². The number of aromatic nitrogens is 1. The first-order chi connectivity index (χ1) is 9.07. The fourth-order valence-electron chi connectivity index (χ4n) is 2.56. The van der Waals surface area contributed by atoms with Crippen LogP contribution in [0.2, 0.25) is 0 Å². The number of fused-ring (bicyclic) bond motifs is 1. The smallest absolute Gasteiger partial charge is 0.0531 e. The van der Waals surface area contributed by atoms with Crippen LogP contribution in [-0.4, -0.2) is 4.57 Å². The summed E-state index contributed by atoms with van der Waals surface area (Å²) in [6.45, 7) is 6.79. The number of rotatable bonds is 1. The summed E-state index contributed by atoms with van der Waals surface area (Å²) in [5.74, 6) is 0. The van der Waals surface area contributed by atoms with Gasteiger partial charge in [0.15, 0.2) is 0 Å². The van der Waals surface area contributed by atoms with Gasteiger partial charge in [-0.1, -0.05) is 57.2 Å². The lowest BCUT2D eigenvalue weighted by Gasteiger charge is -2.22. The van der Waals surface area contributed by atoms with Crippen LogP contribution in [0.4, 0.5) is 0 Å². The highest BCUT2D eigenvalue weighted by Gasteiger charge is 2.21. The molecule has 1 heteroatoms. The zero-order valence-corrected chi connectivity index (χ0v) is 11.7. The highest BCUT2D eigenvalue weighted by molar-refractivity contribution is 5.83. The van der Waals surface area contributed by atoms with Crippen LogP contribution in [0, 0.1) is 0 Å². The molecule has 0 spiro atoms. The first kappa shape index (κ1) is 12.0. The van der Waals surface area contributed by atoms with Gasteiger partial charge in [-0.3, -0.25) is 0 Å². The first-order valence-corrected chi connectivity index (χ1v) is 6.74. The molecule has 19 heavy (non-hydrogen) atoms. The fraction of sp³-hybridized carbons (Fsp3) is 0.222. The van der Waals surface area contributed by atoms with E-state index in [2.05, 4.69) is 86.0 Å². The quantitative estimate of drug-likeness (QED) is 0.576. The molecule has 0 radical (unpaired) electrons. The Balaban J connectivity index is 2.38. The third-order valence-electron chi connectivity index (χ3n) is 3.49. The van der Waals surface area contributed by atoms with E-state index in [0.29, 0.717) is 0 Å². The standard InChI is InChI=1S/C18H19N/c1-18(2,3)17-13-14-9-7-8-12-16(14)19(17)15-10-5-4-6-11-15/h4-13H,1-3H3. The molecule has 0 unspecified atom stereocenters. The summed E-state index contributed by atoms with van der Waals surface area (Å²) in [5.41, 5.74) is 3.97. The maximum Gasteiger partial charge on any atom is 0.0531 e. The van der Waals surface area contributed by atoms with Crippen LogP contribution in [0.5, 0.6) is 0 Å². The largest absolute Gasteiger partial charge is 0.313 e. The summed E-state index contributed by atoms with van der Waals surface area (Å²) in [6, 6.07) is 21.5. The molecule has 1 heterocycles. The van der Waals surface area contributed by atoms with Gasteiger partial charge in [0.05, 0.1) is 5.52 Å². The normalized spacial score (nSPS) is 11.9. The number of para-hydroxylation sites is 2. The second kappa shape index (κ2) is 4.27. The Hall–Kier alpha value is -2.02. The summed E-state index contributed by atoms with van der Waals surface area (Å²) in [6.07, 6.45) is 0. The molecule has 1 aromatic heterocycles. The molecule has 0 N–H and O–H groups in total. The van der Waals surface area contributed by atoms with Crippen LogP contribution in [0.15, 0.2) is 60.7 Å². The van der Waals surface area contributed by atoms with Crippen molar-refractivity contribution in [2.24, 2.45) is 0 Å². The van der Waals surface area contributed by atoms with Gasteiger partial charge in [-0.15, -0.1) is 0 Å². The third-order valence-corrected chi connectivity index (χ3v) is 3.49. The molecule has 0 bridgehead atoms. The Morgan fingerprint density at radius 3 is 2.11 bits per heavy atom. The van der Waals surface area contributed by atoms with E-state index < -0.39 is 0 Å². The number of benzene rings is 2. The van der Waals surface area contributed by atoms with Crippen LogP contribution in [0.1, 0.15) is 26.5 Å². The minimum absolute atomic E-state index is 0.120. The molecule has 0 aliphatic heterocycles. The second-order valence-corrected chi connectivity index (χ2v) is 6.01. The molecular formula is C18H19N. The van der Waals surface area contributed by atoms with E-state index in [9.17, 15) is 0 Å². The average Bonchev–Trinajstić information content (AvgIpc) is 2.79. The monoisotopic (exact) mass is 249 g/mol. The molecule has 3 aromatic rings. The van der Waals surface area contributed by atoms with Crippen molar-refractivity contribution in [2.45, 2.75) is 26.2 Å². The van der Waals surface area contributed by atoms with E-state index in [0.717, 1.165) is 0 Å². The summed E-state index contributed by atoms with van der Waals surface area (Å²) >= 11 is 0. The molecule has 3 rings (SSSR count). The predicted molar refractivity (Wildman–Crippen MR) is 82.0 cm³/mol. The lowest BCUT2D eigenvalue weighted by molar-refractivity contribution is 0.559. The lowest BCUT2D eigenvalue weighted by atomic mass is 9.92. The van der Waals surface area contributed by atoms with Crippen molar-refractivity contribution < 1.29 is 0 Å². The van der Waals surface area contributed by atoms with E-state index >= 15 is 0 Å². The molecular weight excluding hydrogens is 230 g/mol. The van der Waals surface area contributed by atoms with Crippen molar-refractivity contribution in [1.29, 1.82) is 0 Å². The van der Waals surface area contributed by atoms with Crippen molar-refractivity contribution in [3.05, 3.63) is 66.4 Å². The van der Waals surface area contributed by atoms with E-state index in [1.807, 2.05) is 0 Å². The molecule has 0 saturated heterocycles. The van der Waals surface area contributed by atoms with E-state index in [1.54, 1.807) is 0 Å². The fourth-order valence-corrected chi connectivity index (χ4v) is 2.56. The van der Waals surface area contributed by atoms with Gasteiger partial charge in [0.25, 0.3) is 0 Å². The van der Waals surface area contributed by atoms with Crippen LogP contribution in [0.3, 0.4) is 0 Å². The molecule has 0 amide bonds. The van der Waals surface area contributed by atoms with E-state index in [-0.39, 0.29) is 5.41 Å². The van der Waals surface area contributed by atoms with Gasteiger partial charge in [-0.2, -0.15) is 0 Å². The van der Waals surface area contributed by atoms with Gasteiger partial charge in [-0.25, -0.2) is 0 Å². The van der Waals surface area contributed by atoms with Gasteiger partial charge in [0.1, 0.15) is 0 Å². The summed E-state index contributed by atoms with van der Waals surface area (Å²) in [7, 11) is 0. The summed E-state index contributed by atoms with van der Waals surface area (Å²) < 4.78 is 2.37. The van der Waals surface area contributed by atoms with Crippen LogP contribution in [0.25, 0.3) is 16.6 Å². The summed E-state index contributed by atoms with van der Waals surface area (Å²) in [5, 5.41) is 1.30. The number of hydrogen-bond acceptors (Lipinski definition) is 0. The first-order valence-electron chi connectivity index (χ1n) is 6.74. The molecule has 0 fully saturated rings. The van der Waals surface area contributed by atoms with Crippen molar-refractivity contribution in [2.75, 3.05) is 0 Å². The topological polar surface area (TPSA) is 4.93 Å². The highest BCUT2D eigenvalue weighted by atomic mass is 15.0. The minimum atomic E-state index is 0.120. The molecule has 1 nitrogen and oxygen atoms in total. The molecule has 0 aliphatic carbocycles. The van der Waals surface area contributed by atoms with E-state index in [4.69, 9.17) is 0 Å². The molecule has 0 atom stereocenters. The Morgan fingerprint density at radius 2 is 1.42 bits per heavy atom. The molecule has 0 aliphatic rings. The maximum atomic E-state index is 2.37. The maximum absolute atomic E-state index is 2.37. The van der Waals surface area contributed by atoms with Gasteiger partial charge in [0, 0.05) is 22.2 Å². The molecule has 96 valence electrons. The van der Waals surface area contributed by atoms with Gasteiger partial charge in [-0.05, 0) is 24.3 Å². The van der Waals surface area contributed by atoms with Crippen LogP contribution < -0.4 is 0 Å². The lowest BCUT2D eigenvalue weighted by Crippen LogP contribution is -2.16. The van der Waals surface area contributed by atoms with Crippen molar-refractivity contribution in [3.63, 3.8) is 0 Å². The number of hydrogen-bond donors (Lipinski definition) is 0. The van der Waals surface area contributed by atoms with Crippen molar-refractivity contribution in [3.8, 4) is 5.69 Å². The second-order valence-electron chi connectivity index (χ2n) is 6.01. The van der Waals surface area contributed by atoms with Crippen LogP contribution >= 0.6 is 0 Å². The average molecular weight is 249 g/mol. The SMILES string of the molecule is CC(C)(C)c1cc2ccccc2n1-c1ccccc1. The minimum Gasteiger partial charge on any atom is -0.313 e. The van der Waals surface area contributed by atoms with Crippen LogP contribution in [-0.2, 0) is 5.41 Å². The van der Waals surface area contributed by atoms with E-state index in [1.165, 1.54) is 22.3 Å². The Morgan fingerprint density at radius 1 is 0.789 bits per heavy atom. The van der Waals surface area contributed by atoms with Crippen molar-refractivity contribution >= 4 is 10.9 Å².